The highest BCUT2D eigenvalue weighted by atomic mass is 35.5. The van der Waals surface area contributed by atoms with Gasteiger partial charge in [-0.2, -0.15) is 0 Å². The van der Waals surface area contributed by atoms with E-state index in [0.29, 0.717) is 24.8 Å². The molecule has 0 saturated carbocycles. The summed E-state index contributed by atoms with van der Waals surface area (Å²) >= 11 is 12.1. The number of rotatable bonds is 10. The highest BCUT2D eigenvalue weighted by molar-refractivity contribution is 6.30. The fraction of sp³-hybridized carbons (Fsp3) is 0.344. The molecule has 2 atom stereocenters. The normalized spacial score (nSPS) is 20.9. The third kappa shape index (κ3) is 6.54. The number of halogens is 2. The fourth-order valence-corrected chi connectivity index (χ4v) is 5.76. The van der Waals surface area contributed by atoms with E-state index in [0.717, 1.165) is 55.2 Å². The van der Waals surface area contributed by atoms with Crippen LogP contribution in [0.3, 0.4) is 0 Å². The maximum atomic E-state index is 6.52. The van der Waals surface area contributed by atoms with Crippen molar-refractivity contribution in [2.24, 2.45) is 0 Å². The molecule has 2 unspecified atom stereocenters. The summed E-state index contributed by atoms with van der Waals surface area (Å²) in [5.41, 5.74) is 5.00. The molecule has 0 spiro atoms. The molecule has 208 valence electrons. The minimum absolute atomic E-state index is 0.202. The first-order valence-corrected chi connectivity index (χ1v) is 14.6. The molecule has 0 amide bonds. The largest absolute Gasteiger partial charge is 0.491 e. The van der Waals surface area contributed by atoms with E-state index in [1.807, 2.05) is 47.2 Å². The van der Waals surface area contributed by atoms with E-state index in [9.17, 15) is 0 Å². The summed E-state index contributed by atoms with van der Waals surface area (Å²) in [6.45, 7) is 4.47. The van der Waals surface area contributed by atoms with Crippen LogP contribution in [0.1, 0.15) is 28.7 Å². The smallest absolute Gasteiger partial charge is 0.214 e. The van der Waals surface area contributed by atoms with Gasteiger partial charge in [0.25, 0.3) is 0 Å². The first kappa shape index (κ1) is 27.3. The lowest BCUT2D eigenvalue weighted by atomic mass is 9.99. The molecule has 0 N–H and O–H groups in total. The summed E-state index contributed by atoms with van der Waals surface area (Å²) in [7, 11) is 0. The molecular formula is C32H33Cl2N3O3. The van der Waals surface area contributed by atoms with Crippen molar-refractivity contribution in [3.63, 3.8) is 0 Å². The van der Waals surface area contributed by atoms with Crippen molar-refractivity contribution in [3.05, 3.63) is 118 Å². The molecule has 1 fully saturated rings. The predicted molar refractivity (Wildman–Crippen MR) is 157 cm³/mol. The molecular weight excluding hydrogens is 545 g/mol. The van der Waals surface area contributed by atoms with Crippen LogP contribution >= 0.6 is 23.2 Å². The van der Waals surface area contributed by atoms with E-state index >= 15 is 0 Å². The van der Waals surface area contributed by atoms with Crippen molar-refractivity contribution in [1.29, 1.82) is 0 Å². The molecule has 8 heteroatoms. The average molecular weight is 579 g/mol. The Morgan fingerprint density at radius 3 is 2.55 bits per heavy atom. The van der Waals surface area contributed by atoms with Gasteiger partial charge in [-0.25, -0.2) is 4.98 Å². The van der Waals surface area contributed by atoms with E-state index < -0.39 is 5.79 Å². The van der Waals surface area contributed by atoms with Crippen LogP contribution in [-0.2, 0) is 41.2 Å². The van der Waals surface area contributed by atoms with Gasteiger partial charge in [-0.05, 0) is 78.9 Å². The number of ether oxygens (including phenoxy) is 3. The highest BCUT2D eigenvalue weighted by Crippen LogP contribution is 2.37. The molecule has 0 aliphatic carbocycles. The minimum atomic E-state index is -0.924. The summed E-state index contributed by atoms with van der Waals surface area (Å²) in [5, 5.41) is 1.47. The summed E-state index contributed by atoms with van der Waals surface area (Å²) in [5.74, 6) is -0.0521. The van der Waals surface area contributed by atoms with Gasteiger partial charge in [0.15, 0.2) is 0 Å². The number of benzene rings is 3. The van der Waals surface area contributed by atoms with Gasteiger partial charge < -0.3 is 18.8 Å². The molecule has 40 heavy (non-hydrogen) atoms. The second-order valence-corrected chi connectivity index (χ2v) is 11.4. The number of hydrogen-bond donors (Lipinski definition) is 0. The Balaban J connectivity index is 1.03. The van der Waals surface area contributed by atoms with Gasteiger partial charge in [-0.15, -0.1) is 0 Å². The third-order valence-corrected chi connectivity index (χ3v) is 8.16. The Morgan fingerprint density at radius 1 is 0.975 bits per heavy atom. The third-order valence-electron chi connectivity index (χ3n) is 7.65. The molecule has 4 aromatic rings. The van der Waals surface area contributed by atoms with E-state index in [-0.39, 0.29) is 6.10 Å². The maximum Gasteiger partial charge on any atom is 0.214 e. The number of aryl methyl sites for hydroxylation is 1. The van der Waals surface area contributed by atoms with Crippen molar-refractivity contribution in [1.82, 2.24) is 14.5 Å². The molecule has 0 bridgehead atoms. The number of hydrogen-bond acceptors (Lipinski definition) is 5. The predicted octanol–water partition coefficient (Wildman–Crippen LogP) is 6.53. The van der Waals surface area contributed by atoms with Crippen LogP contribution in [0.15, 0.2) is 85.5 Å². The molecule has 3 aromatic carbocycles. The van der Waals surface area contributed by atoms with E-state index in [1.54, 1.807) is 12.5 Å². The van der Waals surface area contributed by atoms with Crippen molar-refractivity contribution >= 4 is 23.2 Å². The summed E-state index contributed by atoms with van der Waals surface area (Å²) < 4.78 is 21.0. The van der Waals surface area contributed by atoms with Gasteiger partial charge in [0, 0.05) is 41.1 Å². The Bertz CT molecular complexity index is 1400. The van der Waals surface area contributed by atoms with Gasteiger partial charge >= 0.3 is 0 Å². The maximum absolute atomic E-state index is 6.52. The van der Waals surface area contributed by atoms with Gasteiger partial charge in [0.05, 0.1) is 19.5 Å². The van der Waals surface area contributed by atoms with E-state index in [2.05, 4.69) is 40.2 Å². The zero-order valence-electron chi connectivity index (χ0n) is 22.3. The average Bonchev–Trinajstić information content (AvgIpc) is 3.64. The van der Waals surface area contributed by atoms with Crippen LogP contribution < -0.4 is 4.74 Å². The SMILES string of the molecule is Clc1ccc(CCCN2CCc3cc(OCC4COC(Cn5ccnc5)(c5ccc(Cl)cc5)O4)ccc3C2)cc1. The number of imidazole rings is 1. The summed E-state index contributed by atoms with van der Waals surface area (Å²) in [6, 6.07) is 22.3. The quantitative estimate of drug-likeness (QED) is 0.214. The zero-order chi connectivity index (χ0) is 27.4. The minimum Gasteiger partial charge on any atom is -0.491 e. The first-order valence-electron chi connectivity index (χ1n) is 13.8. The Hall–Kier alpha value is -2.87. The summed E-state index contributed by atoms with van der Waals surface area (Å²) in [4.78, 5) is 6.71. The molecule has 1 aromatic heterocycles. The topological polar surface area (TPSA) is 48.8 Å². The van der Waals surface area contributed by atoms with Crippen molar-refractivity contribution in [2.45, 2.75) is 44.2 Å². The van der Waals surface area contributed by atoms with Crippen LogP contribution in [0.5, 0.6) is 5.75 Å². The molecule has 0 radical (unpaired) electrons. The van der Waals surface area contributed by atoms with Crippen LogP contribution in [0.25, 0.3) is 0 Å². The first-order chi connectivity index (χ1) is 19.5. The van der Waals surface area contributed by atoms with Gasteiger partial charge in [0.2, 0.25) is 5.79 Å². The molecule has 6 nitrogen and oxygen atoms in total. The van der Waals surface area contributed by atoms with Crippen LogP contribution in [0.2, 0.25) is 10.0 Å². The lowest BCUT2D eigenvalue weighted by Crippen LogP contribution is -2.34. The Labute approximate surface area is 245 Å². The molecule has 1 saturated heterocycles. The van der Waals surface area contributed by atoms with Crippen molar-refractivity contribution < 1.29 is 14.2 Å². The lowest BCUT2D eigenvalue weighted by molar-refractivity contribution is -0.189. The van der Waals surface area contributed by atoms with Gasteiger partial charge in [0.1, 0.15) is 18.5 Å². The fourth-order valence-electron chi connectivity index (χ4n) is 5.51. The molecule has 6 rings (SSSR count). The summed E-state index contributed by atoms with van der Waals surface area (Å²) in [6.07, 6.45) is 8.46. The molecule has 2 aliphatic rings. The van der Waals surface area contributed by atoms with E-state index in [1.165, 1.54) is 16.7 Å². The Kier molecular flexibility index (Phi) is 8.42. The number of nitrogens with zero attached hydrogens (tertiary/aromatic N) is 3. The number of aromatic nitrogens is 2. The van der Waals surface area contributed by atoms with Crippen LogP contribution in [0.4, 0.5) is 0 Å². The van der Waals surface area contributed by atoms with Crippen molar-refractivity contribution in [3.8, 4) is 5.75 Å². The second kappa shape index (κ2) is 12.3. The van der Waals surface area contributed by atoms with Crippen LogP contribution in [0, 0.1) is 0 Å². The zero-order valence-corrected chi connectivity index (χ0v) is 23.9. The monoisotopic (exact) mass is 577 g/mol. The second-order valence-electron chi connectivity index (χ2n) is 10.5. The Morgan fingerprint density at radius 2 is 1.77 bits per heavy atom. The lowest BCUT2D eigenvalue weighted by Gasteiger charge is -2.29. The standard InChI is InChI=1S/C32H33Cl2N3O3/c33-28-8-3-24(4-9-28)2-1-15-36-16-13-25-18-30(12-5-26(25)19-36)38-20-31-21-39-32(40-31,22-37-17-14-35-23-37)27-6-10-29(34)11-7-27/h3-12,14,17-18,23,31H,1-2,13,15-16,19-22H2. The highest BCUT2D eigenvalue weighted by Gasteiger charge is 2.44. The van der Waals surface area contributed by atoms with Crippen molar-refractivity contribution in [2.75, 3.05) is 26.3 Å². The van der Waals surface area contributed by atoms with E-state index in [4.69, 9.17) is 37.4 Å². The van der Waals surface area contributed by atoms with Gasteiger partial charge in [-0.1, -0.05) is 53.5 Å². The van der Waals surface area contributed by atoms with Crippen LogP contribution in [-0.4, -0.2) is 46.9 Å². The molecule has 3 heterocycles. The molecule has 2 aliphatic heterocycles. The number of fused-ring (bicyclic) bond motifs is 1. The van der Waals surface area contributed by atoms with Gasteiger partial charge in [-0.3, -0.25) is 4.90 Å².